The van der Waals surface area contributed by atoms with E-state index in [-0.39, 0.29) is 18.3 Å². The second kappa shape index (κ2) is 9.30. The predicted octanol–water partition coefficient (Wildman–Crippen LogP) is 4.50. The van der Waals surface area contributed by atoms with Gasteiger partial charge in [0.1, 0.15) is 23.9 Å². The molecule has 30 heavy (non-hydrogen) atoms. The topological polar surface area (TPSA) is 87.1 Å². The van der Waals surface area contributed by atoms with Crippen molar-refractivity contribution in [1.29, 1.82) is 0 Å². The fourth-order valence-corrected chi connectivity index (χ4v) is 2.85. The van der Waals surface area contributed by atoms with Gasteiger partial charge < -0.3 is 14.5 Å². The van der Waals surface area contributed by atoms with Gasteiger partial charge in [-0.25, -0.2) is 22.2 Å². The third-order valence-corrected chi connectivity index (χ3v) is 4.27. The summed E-state index contributed by atoms with van der Waals surface area (Å²) >= 11 is 5.61. The van der Waals surface area contributed by atoms with Crippen molar-refractivity contribution in [2.45, 2.75) is 33.1 Å². The Bertz CT molecular complexity index is 1020. The zero-order valence-corrected chi connectivity index (χ0v) is 16.2. The van der Waals surface area contributed by atoms with Crippen LogP contribution in [0.15, 0.2) is 28.9 Å². The highest BCUT2D eigenvalue weighted by Crippen LogP contribution is 2.35. The Hall–Kier alpha value is -2.86. The number of furan rings is 1. The molecule has 162 valence electrons. The fraction of sp³-hybridized carbons (Fsp3) is 0.353. The number of alkyl halides is 4. The monoisotopic (exact) mass is 449 g/mol. The average molecular weight is 450 g/mol. The van der Waals surface area contributed by atoms with Crippen molar-refractivity contribution in [1.82, 2.24) is 19.6 Å². The van der Waals surface area contributed by atoms with E-state index in [1.807, 2.05) is 6.92 Å². The minimum Gasteiger partial charge on any atom is -0.454 e. The van der Waals surface area contributed by atoms with Crippen LogP contribution >= 0.6 is 11.6 Å². The molecule has 13 heteroatoms. The largest absolute Gasteiger partial charge is 0.454 e. The Labute approximate surface area is 172 Å². The predicted molar refractivity (Wildman–Crippen MR) is 96.8 cm³/mol. The van der Waals surface area contributed by atoms with E-state index < -0.39 is 41.7 Å². The first-order chi connectivity index (χ1) is 14.3. The van der Waals surface area contributed by atoms with Gasteiger partial charge in [0, 0.05) is 6.61 Å². The Morgan fingerprint density at radius 1 is 1.30 bits per heavy atom. The van der Waals surface area contributed by atoms with Gasteiger partial charge in [0.05, 0.1) is 29.6 Å². The summed E-state index contributed by atoms with van der Waals surface area (Å²) in [6, 6.07) is 2.66. The van der Waals surface area contributed by atoms with Crippen LogP contribution in [0.5, 0.6) is 0 Å². The van der Waals surface area contributed by atoms with Crippen molar-refractivity contribution < 1.29 is 31.5 Å². The molecule has 3 aromatic rings. The second-order valence-corrected chi connectivity index (χ2v) is 6.33. The Kier molecular flexibility index (Phi) is 6.77. The van der Waals surface area contributed by atoms with Gasteiger partial charge in [-0.15, -0.1) is 0 Å². The number of nitrogens with one attached hydrogen (secondary N) is 1. The number of anilines is 1. The molecular formula is C17H16ClF4N5O3. The molecule has 0 aromatic carbocycles. The number of amides is 1. The summed E-state index contributed by atoms with van der Waals surface area (Å²) in [4.78, 5) is 12.3. The quantitative estimate of drug-likeness (QED) is 0.486. The summed E-state index contributed by atoms with van der Waals surface area (Å²) in [5, 5.41) is 9.21. The summed E-state index contributed by atoms with van der Waals surface area (Å²) < 4.78 is 64.9. The maximum absolute atomic E-state index is 13.2. The van der Waals surface area contributed by atoms with Crippen LogP contribution in [0.4, 0.5) is 23.2 Å². The molecule has 0 atom stereocenters. The van der Waals surface area contributed by atoms with Crippen LogP contribution in [-0.2, 0) is 18.0 Å². The first-order valence-corrected chi connectivity index (χ1v) is 9.00. The molecule has 3 heterocycles. The lowest BCUT2D eigenvalue weighted by molar-refractivity contribution is 0.0792. The number of hydrogen-bond acceptors (Lipinski definition) is 5. The number of rotatable bonds is 9. The lowest BCUT2D eigenvalue weighted by Gasteiger charge is -2.05. The molecule has 0 aliphatic heterocycles. The Morgan fingerprint density at radius 2 is 2.07 bits per heavy atom. The minimum atomic E-state index is -3.12. The standard InChI is InChI=1S/C17H16ClF4N5O3/c1-2-29-8-26-6-9(5-23-26)24-17(28)11-4-3-10(30-11)7-27-14(16(21)22)12(18)13(25-27)15(19)20/h3-6,15-16H,2,7-8H2,1H3,(H,24,28). The van der Waals surface area contributed by atoms with Gasteiger partial charge in [-0.05, 0) is 19.1 Å². The average Bonchev–Trinajstić information content (AvgIpc) is 3.39. The smallest absolute Gasteiger partial charge is 0.291 e. The fourth-order valence-electron chi connectivity index (χ4n) is 2.55. The van der Waals surface area contributed by atoms with Crippen LogP contribution in [0.3, 0.4) is 0 Å². The number of halogens is 5. The van der Waals surface area contributed by atoms with Gasteiger partial charge in [0.25, 0.3) is 18.8 Å². The molecule has 0 aliphatic rings. The number of carbonyl (C=O) groups excluding carboxylic acids is 1. The zero-order valence-electron chi connectivity index (χ0n) is 15.5. The molecule has 0 spiro atoms. The molecule has 0 bridgehead atoms. The highest BCUT2D eigenvalue weighted by atomic mass is 35.5. The van der Waals surface area contributed by atoms with Gasteiger partial charge in [-0.2, -0.15) is 10.2 Å². The number of carbonyl (C=O) groups is 1. The van der Waals surface area contributed by atoms with Crippen LogP contribution in [0, 0.1) is 0 Å². The van der Waals surface area contributed by atoms with Gasteiger partial charge >= 0.3 is 0 Å². The highest BCUT2D eigenvalue weighted by molar-refractivity contribution is 6.32. The van der Waals surface area contributed by atoms with Gasteiger partial charge in [-0.3, -0.25) is 9.48 Å². The molecule has 0 unspecified atom stereocenters. The van der Waals surface area contributed by atoms with E-state index in [0.29, 0.717) is 17.0 Å². The van der Waals surface area contributed by atoms with Gasteiger partial charge in [0.15, 0.2) is 5.76 Å². The lowest BCUT2D eigenvalue weighted by Crippen LogP contribution is -2.11. The first-order valence-electron chi connectivity index (χ1n) is 8.62. The van der Waals surface area contributed by atoms with E-state index in [4.69, 9.17) is 20.8 Å². The summed E-state index contributed by atoms with van der Waals surface area (Å²) in [7, 11) is 0. The summed E-state index contributed by atoms with van der Waals surface area (Å²) in [6.07, 6.45) is -3.28. The van der Waals surface area contributed by atoms with Crippen molar-refractivity contribution in [2.75, 3.05) is 11.9 Å². The van der Waals surface area contributed by atoms with Crippen LogP contribution in [0.1, 0.15) is 47.5 Å². The molecule has 0 saturated heterocycles. The van der Waals surface area contributed by atoms with Crippen LogP contribution < -0.4 is 5.32 Å². The maximum Gasteiger partial charge on any atom is 0.291 e. The van der Waals surface area contributed by atoms with Crippen molar-refractivity contribution in [3.8, 4) is 0 Å². The summed E-state index contributed by atoms with van der Waals surface area (Å²) in [6.45, 7) is 2.14. The molecule has 3 aromatic heterocycles. The van der Waals surface area contributed by atoms with E-state index in [1.165, 1.54) is 23.0 Å². The number of ether oxygens (including phenoxy) is 1. The van der Waals surface area contributed by atoms with E-state index >= 15 is 0 Å². The first kappa shape index (κ1) is 21.8. The SMILES string of the molecule is CCOCn1cc(NC(=O)c2ccc(Cn3nc(C(F)F)c(Cl)c3C(F)F)o2)cn1. The van der Waals surface area contributed by atoms with Gasteiger partial charge in [0.2, 0.25) is 0 Å². The van der Waals surface area contributed by atoms with Crippen LogP contribution in [-0.4, -0.2) is 32.1 Å². The summed E-state index contributed by atoms with van der Waals surface area (Å²) in [5.74, 6) is -0.680. The molecule has 1 amide bonds. The number of aromatic nitrogens is 4. The van der Waals surface area contributed by atoms with E-state index in [2.05, 4.69) is 15.5 Å². The van der Waals surface area contributed by atoms with E-state index in [1.54, 1.807) is 6.20 Å². The normalized spacial score (nSPS) is 11.6. The van der Waals surface area contributed by atoms with Crippen molar-refractivity contribution in [2.24, 2.45) is 0 Å². The highest BCUT2D eigenvalue weighted by Gasteiger charge is 2.28. The van der Waals surface area contributed by atoms with Crippen LogP contribution in [0.25, 0.3) is 0 Å². The molecule has 0 fully saturated rings. The molecule has 1 N–H and O–H groups in total. The Morgan fingerprint density at radius 3 is 2.73 bits per heavy atom. The van der Waals surface area contributed by atoms with E-state index in [9.17, 15) is 22.4 Å². The van der Waals surface area contributed by atoms with Crippen molar-refractivity contribution in [3.05, 3.63) is 52.5 Å². The maximum atomic E-state index is 13.2. The number of nitrogens with zero attached hydrogens (tertiary/aromatic N) is 4. The third-order valence-electron chi connectivity index (χ3n) is 3.88. The van der Waals surface area contributed by atoms with Crippen LogP contribution in [0.2, 0.25) is 5.02 Å². The molecule has 0 saturated carbocycles. The lowest BCUT2D eigenvalue weighted by atomic mass is 10.3. The molecule has 0 radical (unpaired) electrons. The Balaban J connectivity index is 1.71. The number of hydrogen-bond donors (Lipinski definition) is 1. The summed E-state index contributed by atoms with van der Waals surface area (Å²) in [5.41, 5.74) is -1.41. The van der Waals surface area contributed by atoms with Crippen molar-refractivity contribution in [3.63, 3.8) is 0 Å². The molecular weight excluding hydrogens is 434 g/mol. The van der Waals surface area contributed by atoms with Crippen molar-refractivity contribution >= 4 is 23.2 Å². The molecule has 0 aliphatic carbocycles. The zero-order chi connectivity index (χ0) is 21.8. The second-order valence-electron chi connectivity index (χ2n) is 5.95. The molecule has 3 rings (SSSR count). The third kappa shape index (κ3) is 4.82. The van der Waals surface area contributed by atoms with Gasteiger partial charge in [-0.1, -0.05) is 11.6 Å². The minimum absolute atomic E-state index is 0.0501. The van der Waals surface area contributed by atoms with E-state index in [0.717, 1.165) is 0 Å². The molecule has 8 nitrogen and oxygen atoms in total.